The van der Waals surface area contributed by atoms with Gasteiger partial charge in [0.05, 0.1) is 6.04 Å². The Kier molecular flexibility index (Phi) is 9.64. The smallest absolute Gasteiger partial charge is 0.345 e. The second-order valence-corrected chi connectivity index (χ2v) is 11.6. The maximum Gasteiger partial charge on any atom is 0.345 e. The first-order chi connectivity index (χ1) is 17.9. The lowest BCUT2D eigenvalue weighted by molar-refractivity contribution is -0.135. The monoisotopic (exact) mass is 519 g/mol. The van der Waals surface area contributed by atoms with Crippen LogP contribution in [0, 0.1) is 13.8 Å². The largest absolute Gasteiger partial charge is 0.508 e. The van der Waals surface area contributed by atoms with Gasteiger partial charge in [-0.05, 0) is 60.1 Å². The first kappa shape index (κ1) is 29.3. The highest BCUT2D eigenvalue weighted by Gasteiger charge is 2.31. The summed E-state index contributed by atoms with van der Waals surface area (Å²) in [4.78, 5) is 19.9. The minimum Gasteiger partial charge on any atom is -0.508 e. The number of nitrogens with zero attached hydrogens (tertiary/aromatic N) is 2. The molecule has 1 heterocycles. The zero-order valence-electron chi connectivity index (χ0n) is 24.4. The van der Waals surface area contributed by atoms with Gasteiger partial charge in [0.15, 0.2) is 0 Å². The Hall–Kier alpha value is -3.28. The highest BCUT2D eigenvalue weighted by atomic mass is 16.5. The first-order valence-electron chi connectivity index (χ1n) is 13.8. The predicted octanol–water partition coefficient (Wildman–Crippen LogP) is 7.56. The predicted molar refractivity (Wildman–Crippen MR) is 159 cm³/mol. The van der Waals surface area contributed by atoms with E-state index in [1.54, 1.807) is 0 Å². The molecule has 3 rings (SSSR count). The van der Waals surface area contributed by atoms with E-state index in [2.05, 4.69) is 74.3 Å². The lowest BCUT2D eigenvalue weighted by Crippen LogP contribution is -2.23. The van der Waals surface area contributed by atoms with Crippen molar-refractivity contribution in [2.45, 2.75) is 85.1 Å². The molecule has 1 aliphatic heterocycles. The quantitative estimate of drug-likeness (QED) is 0.147. The van der Waals surface area contributed by atoms with Gasteiger partial charge in [-0.15, -0.1) is 0 Å². The Morgan fingerprint density at radius 2 is 1.71 bits per heavy atom. The van der Waals surface area contributed by atoms with Gasteiger partial charge in [0.1, 0.15) is 23.8 Å². The number of ether oxygens (including phenoxy) is 1. The summed E-state index contributed by atoms with van der Waals surface area (Å²) in [6.07, 6.45) is 5.35. The van der Waals surface area contributed by atoms with Crippen molar-refractivity contribution in [3.63, 3.8) is 0 Å². The lowest BCUT2D eigenvalue weighted by Gasteiger charge is -2.22. The fraction of sp³-hybridized carbons (Fsp3) is 0.500. The molecule has 0 aliphatic carbocycles. The normalized spacial score (nSPS) is 15.1. The third-order valence-corrected chi connectivity index (χ3v) is 7.12. The van der Waals surface area contributed by atoms with Crippen LogP contribution in [0.3, 0.4) is 0 Å². The van der Waals surface area contributed by atoms with Crippen molar-refractivity contribution in [1.29, 1.82) is 0 Å². The highest BCUT2D eigenvalue weighted by molar-refractivity contribution is 6.25. The van der Waals surface area contributed by atoms with Gasteiger partial charge in [-0.25, -0.2) is 4.79 Å². The molecule has 0 spiro atoms. The van der Waals surface area contributed by atoms with Crippen LogP contribution >= 0.6 is 0 Å². The van der Waals surface area contributed by atoms with Crippen LogP contribution in [-0.4, -0.2) is 37.6 Å². The first-order valence-corrected chi connectivity index (χ1v) is 13.8. The second-order valence-electron chi connectivity index (χ2n) is 11.6. The average molecular weight is 520 g/mol. The zero-order valence-corrected chi connectivity index (χ0v) is 24.4. The van der Waals surface area contributed by atoms with Crippen molar-refractivity contribution in [1.82, 2.24) is 0 Å². The third-order valence-electron chi connectivity index (χ3n) is 7.12. The van der Waals surface area contributed by atoms with Crippen molar-refractivity contribution >= 4 is 23.2 Å². The summed E-state index contributed by atoms with van der Waals surface area (Å²) in [5.74, 6) is -0.287. The number of esters is 1. The number of hydrogen-bond acceptors (Lipinski definition) is 5. The topological polar surface area (TPSA) is 74.2 Å². The molecule has 6 heteroatoms. The number of benzene rings is 2. The molecule has 1 unspecified atom stereocenters. The van der Waals surface area contributed by atoms with Gasteiger partial charge in [-0.2, -0.15) is 0 Å². The van der Waals surface area contributed by atoms with Crippen molar-refractivity contribution < 1.29 is 14.6 Å². The molecular weight excluding hydrogens is 474 g/mol. The average Bonchev–Trinajstić information content (AvgIpc) is 3.19. The SMILES string of the molecule is CCCCCCC(N=C(Nc1c(C)cc(N(C)C)cc1C)C1=C(O)COC1=O)c1ccc(C(C)(C)C)cc1. The number of aliphatic hydroxyl groups excluding tert-OH is 1. The minimum atomic E-state index is -0.554. The van der Waals surface area contributed by atoms with E-state index in [0.29, 0.717) is 5.84 Å². The molecule has 0 amide bonds. The number of carbonyl (C=O) groups is 1. The van der Waals surface area contributed by atoms with Crippen LogP contribution < -0.4 is 10.2 Å². The fourth-order valence-electron chi connectivity index (χ4n) is 4.73. The standard InChI is InChI=1S/C32H45N3O3/c1-9-10-11-12-13-26(23-14-16-24(17-15-23)32(4,5)6)33-30(28-27(36)20-38-31(28)37)34-29-21(2)18-25(35(7)8)19-22(29)3/h14-19,26,36H,9-13,20H2,1-8H3,(H,33,34). The lowest BCUT2D eigenvalue weighted by atomic mass is 9.86. The van der Waals surface area contributed by atoms with E-state index in [9.17, 15) is 9.90 Å². The van der Waals surface area contributed by atoms with Crippen LogP contribution in [0.4, 0.5) is 11.4 Å². The van der Waals surface area contributed by atoms with Crippen LogP contribution in [-0.2, 0) is 14.9 Å². The Bertz CT molecular complexity index is 1160. The van der Waals surface area contributed by atoms with Crippen LogP contribution in [0.25, 0.3) is 0 Å². The summed E-state index contributed by atoms with van der Waals surface area (Å²) in [5.41, 5.74) is 6.57. The summed E-state index contributed by atoms with van der Waals surface area (Å²) < 4.78 is 5.17. The number of cyclic esters (lactones) is 1. The molecule has 38 heavy (non-hydrogen) atoms. The maximum atomic E-state index is 12.7. The number of aryl methyl sites for hydroxylation is 2. The van der Waals surface area contributed by atoms with Crippen LogP contribution in [0.15, 0.2) is 52.7 Å². The van der Waals surface area contributed by atoms with Gasteiger partial charge >= 0.3 is 5.97 Å². The third kappa shape index (κ3) is 7.18. The molecule has 0 aromatic heterocycles. The van der Waals surface area contributed by atoms with Gasteiger partial charge in [-0.1, -0.05) is 77.6 Å². The van der Waals surface area contributed by atoms with Gasteiger partial charge in [0.25, 0.3) is 0 Å². The fourth-order valence-corrected chi connectivity index (χ4v) is 4.73. The number of anilines is 2. The van der Waals surface area contributed by atoms with E-state index < -0.39 is 5.97 Å². The second kappa shape index (κ2) is 12.5. The van der Waals surface area contributed by atoms with Gasteiger partial charge < -0.3 is 20.1 Å². The Morgan fingerprint density at radius 3 is 2.21 bits per heavy atom. The van der Waals surface area contributed by atoms with Crippen LogP contribution in [0.1, 0.15) is 88.1 Å². The molecular formula is C32H45N3O3. The number of hydrogen-bond donors (Lipinski definition) is 2. The molecule has 6 nitrogen and oxygen atoms in total. The van der Waals surface area contributed by atoms with Crippen molar-refractivity contribution in [2.24, 2.45) is 4.99 Å². The number of aliphatic hydroxyl groups is 1. The maximum absolute atomic E-state index is 12.7. The summed E-state index contributed by atoms with van der Waals surface area (Å²) in [6, 6.07) is 12.7. The molecule has 0 radical (unpaired) electrons. The van der Waals surface area contributed by atoms with Crippen LogP contribution in [0.5, 0.6) is 0 Å². The molecule has 2 N–H and O–H groups in total. The molecule has 1 aliphatic rings. The summed E-state index contributed by atoms with van der Waals surface area (Å²) in [7, 11) is 4.03. The Balaban J connectivity index is 2.08. The van der Waals surface area contributed by atoms with E-state index >= 15 is 0 Å². The van der Waals surface area contributed by atoms with Gasteiger partial charge in [0, 0.05) is 25.5 Å². The molecule has 0 bridgehead atoms. The zero-order chi connectivity index (χ0) is 28.0. The molecule has 0 fully saturated rings. The van der Waals surface area contributed by atoms with E-state index in [1.807, 2.05) is 27.9 Å². The number of amidine groups is 1. The van der Waals surface area contributed by atoms with Crippen molar-refractivity contribution in [2.75, 3.05) is 30.9 Å². The number of unbranched alkanes of at least 4 members (excludes halogenated alkanes) is 3. The van der Waals surface area contributed by atoms with Crippen LogP contribution in [0.2, 0.25) is 0 Å². The summed E-state index contributed by atoms with van der Waals surface area (Å²) in [6.45, 7) is 12.8. The molecule has 206 valence electrons. The van der Waals surface area contributed by atoms with E-state index in [1.165, 1.54) is 12.0 Å². The molecule has 0 saturated carbocycles. The molecule has 1 atom stereocenters. The van der Waals surface area contributed by atoms with E-state index in [-0.39, 0.29) is 29.4 Å². The van der Waals surface area contributed by atoms with Crippen molar-refractivity contribution in [3.05, 3.63) is 70.0 Å². The summed E-state index contributed by atoms with van der Waals surface area (Å²) >= 11 is 0. The van der Waals surface area contributed by atoms with Crippen molar-refractivity contribution in [3.8, 4) is 0 Å². The minimum absolute atomic E-state index is 0.0586. The highest BCUT2D eigenvalue weighted by Crippen LogP contribution is 2.32. The van der Waals surface area contributed by atoms with E-state index in [0.717, 1.165) is 53.7 Å². The molecule has 2 aromatic carbocycles. The summed E-state index contributed by atoms with van der Waals surface area (Å²) in [5, 5.41) is 14.1. The van der Waals surface area contributed by atoms with E-state index in [4.69, 9.17) is 9.73 Å². The number of nitrogens with one attached hydrogen (secondary N) is 1. The number of rotatable bonds is 10. The van der Waals surface area contributed by atoms with Gasteiger partial charge in [-0.3, -0.25) is 4.99 Å². The number of aliphatic imine (C=N–C) groups is 1. The van der Waals surface area contributed by atoms with Gasteiger partial charge in [0.2, 0.25) is 0 Å². The number of carbonyl (C=O) groups excluding carboxylic acids is 1. The Morgan fingerprint density at radius 1 is 1.08 bits per heavy atom. The molecule has 2 aromatic rings. The molecule has 0 saturated heterocycles. The Labute approximate surface area is 228 Å².